The van der Waals surface area contributed by atoms with Crippen molar-refractivity contribution in [3.05, 3.63) is 35.6 Å². The fourth-order valence-corrected chi connectivity index (χ4v) is 2.40. The molecule has 0 fully saturated rings. The molecule has 1 rings (SSSR count). The van der Waals surface area contributed by atoms with Gasteiger partial charge in [-0.3, -0.25) is 0 Å². The first-order valence-electron chi connectivity index (χ1n) is 5.49. The molecule has 0 bridgehead atoms. The zero-order chi connectivity index (χ0) is 12.2. The van der Waals surface area contributed by atoms with Gasteiger partial charge in [-0.2, -0.15) is 11.8 Å². The summed E-state index contributed by atoms with van der Waals surface area (Å²) in [7, 11) is 1.94. The molecule has 1 nitrogen and oxygen atoms in total. The van der Waals surface area contributed by atoms with E-state index in [1.165, 1.54) is 12.1 Å². The molecule has 0 aromatic heterocycles. The van der Waals surface area contributed by atoms with E-state index >= 15 is 0 Å². The Hall–Kier alpha value is -0.540. The highest BCUT2D eigenvalue weighted by Gasteiger charge is 2.15. The van der Waals surface area contributed by atoms with Crippen LogP contribution in [0.3, 0.4) is 0 Å². The molecule has 0 saturated heterocycles. The van der Waals surface area contributed by atoms with Crippen LogP contribution in [-0.4, -0.2) is 17.5 Å². The smallest absolute Gasteiger partial charge is 0.123 e. The molecule has 0 aliphatic rings. The molecule has 0 heterocycles. The van der Waals surface area contributed by atoms with Gasteiger partial charge in [0.2, 0.25) is 0 Å². The van der Waals surface area contributed by atoms with Crippen molar-refractivity contribution in [3.8, 4) is 0 Å². The van der Waals surface area contributed by atoms with Crippen LogP contribution in [0.5, 0.6) is 0 Å². The van der Waals surface area contributed by atoms with E-state index in [1.54, 1.807) is 0 Å². The van der Waals surface area contributed by atoms with Crippen LogP contribution in [0.4, 0.5) is 4.39 Å². The van der Waals surface area contributed by atoms with E-state index < -0.39 is 0 Å². The molecule has 0 amide bonds. The van der Waals surface area contributed by atoms with Gasteiger partial charge in [-0.05, 0) is 24.7 Å². The van der Waals surface area contributed by atoms with Crippen molar-refractivity contribution in [1.29, 1.82) is 0 Å². The maximum Gasteiger partial charge on any atom is 0.123 e. The van der Waals surface area contributed by atoms with Crippen LogP contribution in [-0.2, 0) is 0 Å². The Bertz CT molecular complexity index is 316. The van der Waals surface area contributed by atoms with E-state index in [4.69, 9.17) is 0 Å². The van der Waals surface area contributed by atoms with Crippen LogP contribution in [0.25, 0.3) is 0 Å². The van der Waals surface area contributed by atoms with E-state index in [1.807, 2.05) is 30.9 Å². The zero-order valence-electron chi connectivity index (χ0n) is 10.4. The Morgan fingerprint density at radius 3 is 2.25 bits per heavy atom. The molecule has 0 aliphatic carbocycles. The maximum atomic E-state index is 12.8. The molecule has 3 heteroatoms. The van der Waals surface area contributed by atoms with Gasteiger partial charge in [0.15, 0.2) is 0 Å². The Kier molecular flexibility index (Phi) is 4.81. The van der Waals surface area contributed by atoms with Gasteiger partial charge in [-0.1, -0.05) is 32.9 Å². The largest absolute Gasteiger partial charge is 0.312 e. The minimum atomic E-state index is -0.179. The van der Waals surface area contributed by atoms with Crippen molar-refractivity contribution in [3.63, 3.8) is 0 Å². The van der Waals surface area contributed by atoms with Crippen LogP contribution in [0.1, 0.15) is 32.4 Å². The number of thioether (sulfide) groups is 1. The van der Waals surface area contributed by atoms with Crippen LogP contribution >= 0.6 is 11.8 Å². The summed E-state index contributed by atoms with van der Waals surface area (Å²) in [5, 5.41) is 3.27. The summed E-state index contributed by atoms with van der Waals surface area (Å²) >= 11 is 1.91. The third kappa shape index (κ3) is 4.54. The average Bonchev–Trinajstić information content (AvgIpc) is 2.20. The fourth-order valence-electron chi connectivity index (χ4n) is 1.37. The number of hydrogen-bond donors (Lipinski definition) is 1. The van der Waals surface area contributed by atoms with Gasteiger partial charge >= 0.3 is 0 Å². The Balaban J connectivity index is 2.64. The third-order valence-electron chi connectivity index (χ3n) is 2.30. The molecule has 16 heavy (non-hydrogen) atoms. The van der Waals surface area contributed by atoms with Gasteiger partial charge < -0.3 is 5.32 Å². The van der Waals surface area contributed by atoms with E-state index in [2.05, 4.69) is 26.1 Å². The van der Waals surface area contributed by atoms with Gasteiger partial charge in [-0.25, -0.2) is 4.39 Å². The molecule has 0 aliphatic heterocycles. The number of benzene rings is 1. The van der Waals surface area contributed by atoms with Gasteiger partial charge in [0.05, 0.1) is 0 Å². The molecule has 1 N–H and O–H groups in total. The summed E-state index contributed by atoms with van der Waals surface area (Å²) in [6.45, 7) is 6.61. The lowest BCUT2D eigenvalue weighted by Gasteiger charge is -2.23. The highest BCUT2D eigenvalue weighted by molar-refractivity contribution is 8.00. The SMILES string of the molecule is CNC(CSC(C)(C)C)c1ccc(F)cc1. The minimum Gasteiger partial charge on any atom is -0.312 e. The first-order chi connectivity index (χ1) is 7.42. The average molecular weight is 241 g/mol. The van der Waals surface area contributed by atoms with Gasteiger partial charge in [-0.15, -0.1) is 0 Å². The van der Waals surface area contributed by atoms with Crippen LogP contribution in [0, 0.1) is 5.82 Å². The number of halogens is 1. The van der Waals surface area contributed by atoms with Crippen molar-refractivity contribution < 1.29 is 4.39 Å². The molecule has 0 saturated carbocycles. The van der Waals surface area contributed by atoms with Crippen molar-refractivity contribution in [1.82, 2.24) is 5.32 Å². The van der Waals surface area contributed by atoms with Gasteiger partial charge in [0, 0.05) is 16.5 Å². The number of hydrogen-bond acceptors (Lipinski definition) is 2. The van der Waals surface area contributed by atoms with Gasteiger partial charge in [0.1, 0.15) is 5.82 Å². The monoisotopic (exact) mass is 241 g/mol. The normalized spacial score (nSPS) is 13.8. The molecule has 1 aromatic rings. The van der Waals surface area contributed by atoms with Crippen molar-refractivity contribution in [2.75, 3.05) is 12.8 Å². The highest BCUT2D eigenvalue weighted by atomic mass is 32.2. The van der Waals surface area contributed by atoms with Gasteiger partial charge in [0.25, 0.3) is 0 Å². The molecule has 1 aromatic carbocycles. The standard InChI is InChI=1S/C13H20FNS/c1-13(2,3)16-9-12(15-4)10-5-7-11(14)8-6-10/h5-8,12,15H,9H2,1-4H3. The Morgan fingerprint density at radius 2 is 1.81 bits per heavy atom. The topological polar surface area (TPSA) is 12.0 Å². The lowest BCUT2D eigenvalue weighted by Crippen LogP contribution is -2.21. The predicted molar refractivity (Wildman–Crippen MR) is 70.4 cm³/mol. The minimum absolute atomic E-state index is 0.179. The highest BCUT2D eigenvalue weighted by Crippen LogP contribution is 2.28. The fraction of sp³-hybridized carbons (Fsp3) is 0.538. The summed E-state index contributed by atoms with van der Waals surface area (Å²) in [6.07, 6.45) is 0. The molecular weight excluding hydrogens is 221 g/mol. The molecule has 0 radical (unpaired) electrons. The summed E-state index contributed by atoms with van der Waals surface area (Å²) in [5.74, 6) is 0.813. The van der Waals surface area contributed by atoms with E-state index in [0.29, 0.717) is 0 Å². The quantitative estimate of drug-likeness (QED) is 0.864. The second-order valence-electron chi connectivity index (χ2n) is 4.82. The lowest BCUT2D eigenvalue weighted by molar-refractivity contribution is 0.620. The maximum absolute atomic E-state index is 12.8. The van der Waals surface area contributed by atoms with E-state index in [9.17, 15) is 4.39 Å². The summed E-state index contributed by atoms with van der Waals surface area (Å²) in [6, 6.07) is 7.01. The third-order valence-corrected chi connectivity index (χ3v) is 3.67. The van der Waals surface area contributed by atoms with E-state index in [0.717, 1.165) is 11.3 Å². The second kappa shape index (κ2) is 5.69. The first-order valence-corrected chi connectivity index (χ1v) is 6.47. The number of rotatable bonds is 4. The van der Waals surface area contributed by atoms with E-state index in [-0.39, 0.29) is 16.6 Å². The van der Waals surface area contributed by atoms with Crippen LogP contribution in [0.15, 0.2) is 24.3 Å². The second-order valence-corrected chi connectivity index (χ2v) is 6.66. The van der Waals surface area contributed by atoms with Crippen molar-refractivity contribution in [2.24, 2.45) is 0 Å². The molecule has 90 valence electrons. The first kappa shape index (κ1) is 13.5. The molecule has 1 unspecified atom stereocenters. The number of nitrogens with one attached hydrogen (secondary N) is 1. The summed E-state index contributed by atoms with van der Waals surface area (Å²) in [5.41, 5.74) is 1.14. The molecule has 0 spiro atoms. The lowest BCUT2D eigenvalue weighted by atomic mass is 10.1. The Morgan fingerprint density at radius 1 is 1.25 bits per heavy atom. The molecular formula is C13H20FNS. The Labute approximate surface area is 102 Å². The van der Waals surface area contributed by atoms with Crippen LogP contribution in [0.2, 0.25) is 0 Å². The summed E-state index contributed by atoms with van der Waals surface area (Å²) in [4.78, 5) is 0. The predicted octanol–water partition coefficient (Wildman–Crippen LogP) is 3.62. The van der Waals surface area contributed by atoms with Crippen molar-refractivity contribution >= 4 is 11.8 Å². The van der Waals surface area contributed by atoms with Crippen LogP contribution < -0.4 is 5.32 Å². The van der Waals surface area contributed by atoms with Crippen molar-refractivity contribution in [2.45, 2.75) is 31.6 Å². The zero-order valence-corrected chi connectivity index (χ0v) is 11.2. The summed E-state index contributed by atoms with van der Waals surface area (Å²) < 4.78 is 13.1. The molecule has 1 atom stereocenters.